The van der Waals surface area contributed by atoms with Crippen molar-refractivity contribution in [3.63, 3.8) is 0 Å². The molecule has 0 saturated carbocycles. The number of nitrogens with zero attached hydrogens (tertiary/aromatic N) is 1. The SMILES string of the molecule is CCC1(C)OC(=O)N(CCC(=O)Nc2cccc(OC)c2)C1(C)O. The Labute approximate surface area is 141 Å². The lowest BCUT2D eigenvalue weighted by molar-refractivity contribution is -0.139. The van der Waals surface area contributed by atoms with Crippen LogP contribution in [0.2, 0.25) is 0 Å². The van der Waals surface area contributed by atoms with Crippen molar-refractivity contribution >= 4 is 17.7 Å². The molecule has 1 aromatic rings. The number of aliphatic hydroxyl groups is 1. The molecule has 2 rings (SSSR count). The van der Waals surface area contributed by atoms with E-state index in [9.17, 15) is 14.7 Å². The minimum Gasteiger partial charge on any atom is -0.497 e. The van der Waals surface area contributed by atoms with Crippen molar-refractivity contribution in [1.82, 2.24) is 4.90 Å². The van der Waals surface area contributed by atoms with Crippen LogP contribution in [0.25, 0.3) is 0 Å². The maximum Gasteiger partial charge on any atom is 0.412 e. The maximum atomic E-state index is 12.1. The highest BCUT2D eigenvalue weighted by molar-refractivity contribution is 5.91. The zero-order valence-corrected chi connectivity index (χ0v) is 14.5. The molecule has 0 aliphatic carbocycles. The number of hydrogen-bond donors (Lipinski definition) is 2. The molecule has 0 radical (unpaired) electrons. The normalized spacial score (nSPS) is 26.2. The Balaban J connectivity index is 1.97. The Bertz CT molecular complexity index is 631. The third kappa shape index (κ3) is 3.31. The van der Waals surface area contributed by atoms with Gasteiger partial charge in [0.15, 0.2) is 11.3 Å². The lowest BCUT2D eigenvalue weighted by Gasteiger charge is -2.36. The number of nitrogens with one attached hydrogen (secondary N) is 1. The van der Waals surface area contributed by atoms with Crippen LogP contribution < -0.4 is 10.1 Å². The summed E-state index contributed by atoms with van der Waals surface area (Å²) in [6, 6.07) is 6.99. The van der Waals surface area contributed by atoms with Gasteiger partial charge in [0.1, 0.15) is 5.75 Å². The Morgan fingerprint density at radius 3 is 2.71 bits per heavy atom. The summed E-state index contributed by atoms with van der Waals surface area (Å²) in [4.78, 5) is 25.3. The third-order valence-corrected chi connectivity index (χ3v) is 4.65. The van der Waals surface area contributed by atoms with Crippen LogP contribution in [0.1, 0.15) is 33.6 Å². The Morgan fingerprint density at radius 2 is 2.12 bits per heavy atom. The second-order valence-corrected chi connectivity index (χ2v) is 6.15. The second-order valence-electron chi connectivity index (χ2n) is 6.15. The Morgan fingerprint density at radius 1 is 1.42 bits per heavy atom. The van der Waals surface area contributed by atoms with E-state index < -0.39 is 17.4 Å². The van der Waals surface area contributed by atoms with Crippen molar-refractivity contribution in [3.8, 4) is 5.75 Å². The molecule has 1 aromatic carbocycles. The van der Waals surface area contributed by atoms with E-state index in [4.69, 9.17) is 9.47 Å². The van der Waals surface area contributed by atoms with Gasteiger partial charge in [-0.2, -0.15) is 0 Å². The molecule has 2 unspecified atom stereocenters. The van der Waals surface area contributed by atoms with Crippen molar-refractivity contribution in [2.45, 2.75) is 44.9 Å². The van der Waals surface area contributed by atoms with E-state index >= 15 is 0 Å². The Hall–Kier alpha value is -2.28. The molecular formula is C17H24N2O5. The molecule has 1 fully saturated rings. The summed E-state index contributed by atoms with van der Waals surface area (Å²) < 4.78 is 10.4. The minimum absolute atomic E-state index is 0.0439. The molecule has 1 aliphatic heterocycles. The van der Waals surface area contributed by atoms with Gasteiger partial charge in [0.25, 0.3) is 0 Å². The molecule has 2 amide bonds. The van der Waals surface area contributed by atoms with Gasteiger partial charge in [-0.05, 0) is 32.4 Å². The molecule has 2 N–H and O–H groups in total. The van der Waals surface area contributed by atoms with Crippen molar-refractivity contribution in [2.24, 2.45) is 0 Å². The fraction of sp³-hybridized carbons (Fsp3) is 0.529. The van der Waals surface area contributed by atoms with Crippen LogP contribution in [-0.2, 0) is 9.53 Å². The fourth-order valence-corrected chi connectivity index (χ4v) is 2.66. The molecule has 0 bridgehead atoms. The van der Waals surface area contributed by atoms with Crippen molar-refractivity contribution in [1.29, 1.82) is 0 Å². The molecule has 2 atom stereocenters. The van der Waals surface area contributed by atoms with Gasteiger partial charge in [-0.3, -0.25) is 9.69 Å². The van der Waals surface area contributed by atoms with Crippen LogP contribution in [0, 0.1) is 0 Å². The summed E-state index contributed by atoms with van der Waals surface area (Å²) in [5.41, 5.74) is -1.85. The van der Waals surface area contributed by atoms with E-state index in [1.807, 2.05) is 6.92 Å². The largest absolute Gasteiger partial charge is 0.497 e. The van der Waals surface area contributed by atoms with Crippen LogP contribution in [0.3, 0.4) is 0 Å². The average molecular weight is 336 g/mol. The summed E-state index contributed by atoms with van der Waals surface area (Å²) in [5.74, 6) is 0.370. The molecule has 132 valence electrons. The molecule has 7 heteroatoms. The molecule has 1 saturated heterocycles. The summed E-state index contributed by atoms with van der Waals surface area (Å²) >= 11 is 0. The molecule has 0 spiro atoms. The predicted octanol–water partition coefficient (Wildman–Crippen LogP) is 2.35. The summed E-state index contributed by atoms with van der Waals surface area (Å²) in [5, 5.41) is 13.4. The molecule has 1 heterocycles. The van der Waals surface area contributed by atoms with Crippen LogP contribution >= 0.6 is 0 Å². The number of carbonyl (C=O) groups is 2. The number of benzene rings is 1. The van der Waals surface area contributed by atoms with E-state index in [2.05, 4.69) is 5.32 Å². The van der Waals surface area contributed by atoms with Crippen LogP contribution in [0.4, 0.5) is 10.5 Å². The van der Waals surface area contributed by atoms with E-state index in [1.54, 1.807) is 38.3 Å². The first-order valence-corrected chi connectivity index (χ1v) is 7.90. The van der Waals surface area contributed by atoms with Crippen LogP contribution in [0.5, 0.6) is 5.75 Å². The average Bonchev–Trinajstić information content (AvgIpc) is 2.71. The first kappa shape index (κ1) is 18.1. The summed E-state index contributed by atoms with van der Waals surface area (Å²) in [6.45, 7) is 5.11. The number of rotatable bonds is 6. The first-order chi connectivity index (χ1) is 11.2. The van der Waals surface area contributed by atoms with Gasteiger partial charge in [0, 0.05) is 24.7 Å². The quantitative estimate of drug-likeness (QED) is 0.832. The topological polar surface area (TPSA) is 88.1 Å². The molecule has 1 aliphatic rings. The van der Waals surface area contributed by atoms with Crippen molar-refractivity contribution in [2.75, 3.05) is 19.0 Å². The highest BCUT2D eigenvalue weighted by Crippen LogP contribution is 2.39. The van der Waals surface area contributed by atoms with Gasteiger partial charge in [-0.1, -0.05) is 13.0 Å². The van der Waals surface area contributed by atoms with Crippen molar-refractivity contribution in [3.05, 3.63) is 24.3 Å². The number of ether oxygens (including phenoxy) is 2. The number of cyclic esters (lactones) is 1. The predicted molar refractivity (Wildman–Crippen MR) is 88.7 cm³/mol. The van der Waals surface area contributed by atoms with Gasteiger partial charge >= 0.3 is 6.09 Å². The van der Waals surface area contributed by atoms with Crippen LogP contribution in [0.15, 0.2) is 24.3 Å². The highest BCUT2D eigenvalue weighted by atomic mass is 16.6. The zero-order valence-electron chi connectivity index (χ0n) is 14.5. The van der Waals surface area contributed by atoms with E-state index in [1.165, 1.54) is 11.8 Å². The lowest BCUT2D eigenvalue weighted by atomic mass is 9.91. The molecule has 0 aromatic heterocycles. The van der Waals surface area contributed by atoms with E-state index in [0.717, 1.165) is 0 Å². The molecular weight excluding hydrogens is 312 g/mol. The molecule has 24 heavy (non-hydrogen) atoms. The zero-order chi connectivity index (χ0) is 18.0. The smallest absolute Gasteiger partial charge is 0.412 e. The van der Waals surface area contributed by atoms with Gasteiger partial charge in [-0.15, -0.1) is 0 Å². The minimum atomic E-state index is -1.46. The number of hydrogen-bond acceptors (Lipinski definition) is 5. The van der Waals surface area contributed by atoms with Gasteiger partial charge in [0.05, 0.1) is 7.11 Å². The second kappa shape index (κ2) is 6.68. The number of anilines is 1. The first-order valence-electron chi connectivity index (χ1n) is 7.90. The van der Waals surface area contributed by atoms with Gasteiger partial charge in [0.2, 0.25) is 5.91 Å². The summed E-state index contributed by atoms with van der Waals surface area (Å²) in [7, 11) is 1.55. The lowest BCUT2D eigenvalue weighted by Crippen LogP contribution is -2.55. The van der Waals surface area contributed by atoms with Crippen molar-refractivity contribution < 1.29 is 24.2 Å². The fourth-order valence-electron chi connectivity index (χ4n) is 2.66. The summed E-state index contributed by atoms with van der Waals surface area (Å²) in [6.07, 6.45) is -0.0981. The van der Waals surface area contributed by atoms with E-state index in [-0.39, 0.29) is 18.9 Å². The molecule has 7 nitrogen and oxygen atoms in total. The highest BCUT2D eigenvalue weighted by Gasteiger charge is 2.58. The van der Waals surface area contributed by atoms with Gasteiger partial charge < -0.3 is 19.9 Å². The monoisotopic (exact) mass is 336 g/mol. The number of carbonyl (C=O) groups excluding carboxylic acids is 2. The van der Waals surface area contributed by atoms with Crippen LogP contribution in [-0.4, -0.2) is 47.0 Å². The third-order valence-electron chi connectivity index (χ3n) is 4.65. The standard InChI is InChI=1S/C17H24N2O5/c1-5-16(2)17(3,22)19(15(21)24-16)10-9-14(20)18-12-7-6-8-13(11-12)23-4/h6-8,11,22H,5,9-10H2,1-4H3,(H,18,20). The number of amides is 2. The number of methoxy groups -OCH3 is 1. The van der Waals surface area contributed by atoms with Gasteiger partial charge in [-0.25, -0.2) is 4.79 Å². The maximum absolute atomic E-state index is 12.1. The Kier molecular flexibility index (Phi) is 5.03. The van der Waals surface area contributed by atoms with E-state index in [0.29, 0.717) is 17.9 Å².